The molecule has 138 valence electrons. The number of hydrogen-bond acceptors (Lipinski definition) is 3. The number of fused-ring (bicyclic) bond motifs is 1. The van der Waals surface area contributed by atoms with Gasteiger partial charge < -0.3 is 5.73 Å². The standard InChI is InChI=1S/C16H12F6N4/c1-2-8-5-3-4-6-10(8)26-14(23)12-9(25-26)7-11(15(17,18)19)24-13(12)16(20,21)22/h3-7H,2,23H2,1H3. The molecule has 10 heteroatoms. The number of hydrogen-bond donors (Lipinski definition) is 1. The van der Waals surface area contributed by atoms with Crippen LogP contribution in [0.4, 0.5) is 32.2 Å². The molecule has 0 spiro atoms. The van der Waals surface area contributed by atoms with Crippen LogP contribution in [0.25, 0.3) is 16.6 Å². The molecule has 3 rings (SSSR count). The van der Waals surface area contributed by atoms with Gasteiger partial charge in [0.05, 0.1) is 16.6 Å². The topological polar surface area (TPSA) is 56.7 Å². The molecule has 2 heterocycles. The Kier molecular flexibility index (Phi) is 4.08. The van der Waals surface area contributed by atoms with Crippen molar-refractivity contribution in [2.24, 2.45) is 0 Å². The van der Waals surface area contributed by atoms with Crippen LogP contribution in [0.5, 0.6) is 0 Å². The minimum Gasteiger partial charge on any atom is -0.383 e. The summed E-state index contributed by atoms with van der Waals surface area (Å²) in [5, 5.41) is 3.24. The van der Waals surface area contributed by atoms with Crippen LogP contribution in [0.1, 0.15) is 23.9 Å². The molecule has 0 saturated heterocycles. The molecule has 1 aromatic carbocycles. The van der Waals surface area contributed by atoms with Gasteiger partial charge in [0.2, 0.25) is 0 Å². The number of halogens is 6. The number of aromatic nitrogens is 3. The van der Waals surface area contributed by atoms with Gasteiger partial charge in [0.1, 0.15) is 11.5 Å². The van der Waals surface area contributed by atoms with Gasteiger partial charge in [-0.15, -0.1) is 0 Å². The van der Waals surface area contributed by atoms with E-state index < -0.39 is 40.5 Å². The lowest BCUT2D eigenvalue weighted by molar-refractivity contribution is -0.149. The molecule has 2 aromatic heterocycles. The SMILES string of the molecule is CCc1ccccc1-n1nc2cc(C(F)(F)F)nc(C(F)(F)F)c2c1N. The monoisotopic (exact) mass is 374 g/mol. The molecule has 4 nitrogen and oxygen atoms in total. The number of benzene rings is 1. The highest BCUT2D eigenvalue weighted by molar-refractivity contribution is 5.92. The Morgan fingerprint density at radius 3 is 2.27 bits per heavy atom. The predicted octanol–water partition coefficient (Wildman–Crippen LogP) is 4.60. The lowest BCUT2D eigenvalue weighted by Gasteiger charge is -2.12. The van der Waals surface area contributed by atoms with Crippen molar-refractivity contribution in [3.63, 3.8) is 0 Å². The first-order valence-electron chi connectivity index (χ1n) is 7.46. The van der Waals surface area contributed by atoms with Crippen LogP contribution >= 0.6 is 0 Å². The molecule has 0 radical (unpaired) electrons. The summed E-state index contributed by atoms with van der Waals surface area (Å²) in [5.74, 6) is -0.422. The number of para-hydroxylation sites is 1. The second-order valence-corrected chi connectivity index (χ2v) is 5.53. The van der Waals surface area contributed by atoms with Gasteiger partial charge in [-0.05, 0) is 24.1 Å². The zero-order valence-electron chi connectivity index (χ0n) is 13.3. The molecule has 0 aliphatic carbocycles. The molecule has 0 saturated carbocycles. The van der Waals surface area contributed by atoms with Crippen molar-refractivity contribution in [2.75, 3.05) is 5.73 Å². The Labute approximate surface area is 143 Å². The van der Waals surface area contributed by atoms with E-state index in [4.69, 9.17) is 5.73 Å². The molecule has 0 fully saturated rings. The third kappa shape index (κ3) is 2.95. The molecule has 0 amide bonds. The Hall–Kier alpha value is -2.78. The second kappa shape index (κ2) is 5.89. The quantitative estimate of drug-likeness (QED) is 0.667. The van der Waals surface area contributed by atoms with Crippen LogP contribution in [-0.4, -0.2) is 14.8 Å². The summed E-state index contributed by atoms with van der Waals surface area (Å²) in [7, 11) is 0. The maximum atomic E-state index is 13.3. The predicted molar refractivity (Wildman–Crippen MR) is 82.7 cm³/mol. The van der Waals surface area contributed by atoms with Gasteiger partial charge in [0, 0.05) is 0 Å². The van der Waals surface area contributed by atoms with E-state index >= 15 is 0 Å². The van der Waals surface area contributed by atoms with Crippen LogP contribution in [-0.2, 0) is 18.8 Å². The van der Waals surface area contributed by atoms with Crippen molar-refractivity contribution in [1.82, 2.24) is 14.8 Å². The van der Waals surface area contributed by atoms with E-state index in [0.29, 0.717) is 18.2 Å². The fourth-order valence-electron chi connectivity index (χ4n) is 2.68. The summed E-state index contributed by atoms with van der Waals surface area (Å²) >= 11 is 0. The lowest BCUT2D eigenvalue weighted by Crippen LogP contribution is -2.15. The summed E-state index contributed by atoms with van der Waals surface area (Å²) in [4.78, 5) is 2.77. The van der Waals surface area contributed by atoms with Gasteiger partial charge in [-0.1, -0.05) is 25.1 Å². The van der Waals surface area contributed by atoms with E-state index in [9.17, 15) is 26.3 Å². The number of alkyl halides is 6. The molecule has 0 atom stereocenters. The summed E-state index contributed by atoms with van der Waals surface area (Å²) in [6.07, 6.45) is -9.64. The number of pyridine rings is 1. The minimum atomic E-state index is -5.12. The normalized spacial score (nSPS) is 12.7. The summed E-state index contributed by atoms with van der Waals surface area (Å²) in [5.41, 5.74) is 3.04. The first-order chi connectivity index (χ1) is 12.0. The molecule has 3 aromatic rings. The van der Waals surface area contributed by atoms with Crippen LogP contribution in [0.3, 0.4) is 0 Å². The molecule has 0 aliphatic rings. The summed E-state index contributed by atoms with van der Waals surface area (Å²) in [6, 6.07) is 7.13. The second-order valence-electron chi connectivity index (χ2n) is 5.53. The number of nitrogens with two attached hydrogens (primary N) is 1. The fraction of sp³-hybridized carbons (Fsp3) is 0.250. The maximum absolute atomic E-state index is 13.3. The number of nitrogens with zero attached hydrogens (tertiary/aromatic N) is 3. The molecular formula is C16H12F6N4. The molecule has 2 N–H and O–H groups in total. The average Bonchev–Trinajstić information content (AvgIpc) is 2.89. The number of nitrogen functional groups attached to an aromatic ring is 1. The molecular weight excluding hydrogens is 362 g/mol. The highest BCUT2D eigenvalue weighted by Gasteiger charge is 2.41. The van der Waals surface area contributed by atoms with Crippen molar-refractivity contribution in [3.8, 4) is 5.69 Å². The van der Waals surface area contributed by atoms with Crippen molar-refractivity contribution in [3.05, 3.63) is 47.3 Å². The van der Waals surface area contributed by atoms with Gasteiger partial charge in [-0.3, -0.25) is 0 Å². The molecule has 26 heavy (non-hydrogen) atoms. The van der Waals surface area contributed by atoms with Crippen LogP contribution < -0.4 is 5.73 Å². The van der Waals surface area contributed by atoms with E-state index in [0.717, 1.165) is 10.2 Å². The highest BCUT2D eigenvalue weighted by atomic mass is 19.4. The first kappa shape index (κ1) is 18.0. The van der Waals surface area contributed by atoms with Crippen LogP contribution in [0.15, 0.2) is 30.3 Å². The molecule has 0 bridgehead atoms. The molecule has 0 unspecified atom stereocenters. The van der Waals surface area contributed by atoms with Gasteiger partial charge in [0.25, 0.3) is 0 Å². The van der Waals surface area contributed by atoms with E-state index in [1.165, 1.54) is 0 Å². The zero-order valence-corrected chi connectivity index (χ0v) is 13.3. The van der Waals surface area contributed by atoms with Gasteiger partial charge in [-0.25, -0.2) is 9.67 Å². The largest absolute Gasteiger partial charge is 0.434 e. The van der Waals surface area contributed by atoms with E-state index in [-0.39, 0.29) is 0 Å². The van der Waals surface area contributed by atoms with Crippen molar-refractivity contribution >= 4 is 16.7 Å². The van der Waals surface area contributed by atoms with Crippen LogP contribution in [0, 0.1) is 0 Å². The van der Waals surface area contributed by atoms with Crippen molar-refractivity contribution in [1.29, 1.82) is 0 Å². The van der Waals surface area contributed by atoms with Gasteiger partial charge in [-0.2, -0.15) is 31.4 Å². The van der Waals surface area contributed by atoms with Gasteiger partial charge in [0.15, 0.2) is 5.69 Å². The minimum absolute atomic E-state index is 0.394. The Morgan fingerprint density at radius 1 is 1.04 bits per heavy atom. The Bertz CT molecular complexity index is 971. The maximum Gasteiger partial charge on any atom is 0.434 e. The van der Waals surface area contributed by atoms with Gasteiger partial charge >= 0.3 is 12.4 Å². The summed E-state index contributed by atoms with van der Waals surface area (Å²) < 4.78 is 79.7. The average molecular weight is 374 g/mol. The zero-order chi connectivity index (χ0) is 19.3. The van der Waals surface area contributed by atoms with Crippen molar-refractivity contribution < 1.29 is 26.3 Å². The van der Waals surface area contributed by atoms with Crippen LogP contribution in [0.2, 0.25) is 0 Å². The third-order valence-corrected chi connectivity index (χ3v) is 3.85. The lowest BCUT2D eigenvalue weighted by atomic mass is 10.1. The highest BCUT2D eigenvalue weighted by Crippen LogP contribution is 2.40. The van der Waals surface area contributed by atoms with E-state index in [2.05, 4.69) is 10.1 Å². The van der Waals surface area contributed by atoms with E-state index in [1.807, 2.05) is 6.92 Å². The Morgan fingerprint density at radius 2 is 1.69 bits per heavy atom. The fourth-order valence-corrected chi connectivity index (χ4v) is 2.68. The third-order valence-electron chi connectivity index (χ3n) is 3.85. The van der Waals surface area contributed by atoms with Crippen molar-refractivity contribution in [2.45, 2.75) is 25.7 Å². The number of anilines is 1. The first-order valence-corrected chi connectivity index (χ1v) is 7.46. The summed E-state index contributed by atoms with van der Waals surface area (Å²) in [6.45, 7) is 1.82. The number of aryl methyl sites for hydroxylation is 1. The number of rotatable bonds is 2. The molecule has 0 aliphatic heterocycles. The van der Waals surface area contributed by atoms with E-state index in [1.54, 1.807) is 24.3 Å². The smallest absolute Gasteiger partial charge is 0.383 e. The Balaban J connectivity index is 2.38.